The fraction of sp³-hybridized carbons (Fsp3) is 0.579. The van der Waals surface area contributed by atoms with Crippen LogP contribution in [-0.4, -0.2) is 50.6 Å². The molecule has 0 saturated carbocycles. The minimum absolute atomic E-state index is 0. The van der Waals surface area contributed by atoms with Gasteiger partial charge in [-0.05, 0) is 30.5 Å². The first-order valence-electron chi connectivity index (χ1n) is 9.00. The van der Waals surface area contributed by atoms with Gasteiger partial charge < -0.3 is 20.3 Å². The highest BCUT2D eigenvalue weighted by molar-refractivity contribution is 14.0. The van der Waals surface area contributed by atoms with Crippen LogP contribution in [0.2, 0.25) is 0 Å². The first-order valence-corrected chi connectivity index (χ1v) is 9.00. The number of hydrogen-bond acceptors (Lipinski definition) is 3. The Bertz CT molecular complexity index is 589. The molecular formula is C19H31IN4O2. The van der Waals surface area contributed by atoms with Crippen LogP contribution < -0.4 is 10.6 Å². The number of guanidine groups is 1. The Kier molecular flexibility index (Phi) is 10.6. The molecule has 1 heterocycles. The van der Waals surface area contributed by atoms with Gasteiger partial charge in [-0.15, -0.1) is 24.0 Å². The molecule has 1 aliphatic heterocycles. The first-order chi connectivity index (χ1) is 12.1. The first kappa shape index (κ1) is 22.7. The standard InChI is InChI=1S/C19H30N4O2.HI/c1-4-6-18(24)22-17-8-5-7-15(11-17)12-21-19(20-2)23(3)13-16-9-10-25-14-16;/h5,7-8,11,16H,4,6,9-10,12-14H2,1-3H3,(H,20,21)(H,22,24);1H. The van der Waals surface area contributed by atoms with Gasteiger partial charge in [0.15, 0.2) is 5.96 Å². The molecule has 1 atom stereocenters. The Morgan fingerprint density at radius 2 is 2.23 bits per heavy atom. The zero-order valence-corrected chi connectivity index (χ0v) is 18.3. The molecular weight excluding hydrogens is 443 g/mol. The Balaban J connectivity index is 0.00000338. The van der Waals surface area contributed by atoms with Crippen LogP contribution in [0.5, 0.6) is 0 Å². The van der Waals surface area contributed by atoms with Crippen molar-refractivity contribution in [2.24, 2.45) is 10.9 Å². The normalized spacial score (nSPS) is 16.7. The average molecular weight is 474 g/mol. The van der Waals surface area contributed by atoms with Gasteiger partial charge in [-0.25, -0.2) is 0 Å². The summed E-state index contributed by atoms with van der Waals surface area (Å²) < 4.78 is 5.44. The molecule has 1 fully saturated rings. The van der Waals surface area contributed by atoms with Crippen molar-refractivity contribution in [3.63, 3.8) is 0 Å². The smallest absolute Gasteiger partial charge is 0.224 e. The maximum Gasteiger partial charge on any atom is 0.224 e. The van der Waals surface area contributed by atoms with Crippen LogP contribution in [0.3, 0.4) is 0 Å². The van der Waals surface area contributed by atoms with E-state index in [4.69, 9.17) is 4.74 Å². The number of aliphatic imine (C=N–C) groups is 1. The second kappa shape index (κ2) is 12.1. The Morgan fingerprint density at radius 3 is 2.88 bits per heavy atom. The Hall–Kier alpha value is -1.35. The van der Waals surface area contributed by atoms with Crippen molar-refractivity contribution in [1.82, 2.24) is 10.2 Å². The molecule has 2 N–H and O–H groups in total. The summed E-state index contributed by atoms with van der Waals surface area (Å²) in [5, 5.41) is 6.32. The summed E-state index contributed by atoms with van der Waals surface area (Å²) in [6, 6.07) is 7.91. The predicted molar refractivity (Wildman–Crippen MR) is 117 cm³/mol. The quantitative estimate of drug-likeness (QED) is 0.362. The third-order valence-electron chi connectivity index (χ3n) is 4.27. The fourth-order valence-electron chi connectivity index (χ4n) is 2.98. The van der Waals surface area contributed by atoms with E-state index in [2.05, 4.69) is 27.6 Å². The lowest BCUT2D eigenvalue weighted by Gasteiger charge is -2.24. The highest BCUT2D eigenvalue weighted by atomic mass is 127. The minimum atomic E-state index is 0. The molecule has 1 amide bonds. The molecule has 1 aromatic rings. The molecule has 2 rings (SSSR count). The molecule has 26 heavy (non-hydrogen) atoms. The molecule has 0 aliphatic carbocycles. The van der Waals surface area contributed by atoms with Gasteiger partial charge in [0.2, 0.25) is 5.91 Å². The predicted octanol–water partition coefficient (Wildman–Crippen LogP) is 3.09. The van der Waals surface area contributed by atoms with Gasteiger partial charge in [0.05, 0.1) is 6.61 Å². The number of nitrogens with zero attached hydrogens (tertiary/aromatic N) is 2. The van der Waals surface area contributed by atoms with Gasteiger partial charge in [-0.3, -0.25) is 9.79 Å². The van der Waals surface area contributed by atoms with Gasteiger partial charge in [-0.1, -0.05) is 19.1 Å². The summed E-state index contributed by atoms with van der Waals surface area (Å²) in [6.45, 7) is 5.30. The molecule has 1 unspecified atom stereocenters. The Morgan fingerprint density at radius 1 is 1.42 bits per heavy atom. The molecule has 0 radical (unpaired) electrons. The monoisotopic (exact) mass is 474 g/mol. The second-order valence-corrected chi connectivity index (χ2v) is 6.51. The fourth-order valence-corrected chi connectivity index (χ4v) is 2.98. The van der Waals surface area contributed by atoms with Crippen LogP contribution in [0.15, 0.2) is 29.3 Å². The lowest BCUT2D eigenvalue weighted by Crippen LogP contribution is -2.41. The molecule has 6 nitrogen and oxygen atoms in total. The van der Waals surface area contributed by atoms with Gasteiger partial charge in [-0.2, -0.15) is 0 Å². The molecule has 1 aliphatic rings. The van der Waals surface area contributed by atoms with Gasteiger partial charge in [0.1, 0.15) is 0 Å². The molecule has 7 heteroatoms. The maximum absolute atomic E-state index is 11.7. The number of halogens is 1. The van der Waals surface area contributed by atoms with E-state index in [1.165, 1.54) is 0 Å². The van der Waals surface area contributed by atoms with Crippen LogP contribution in [-0.2, 0) is 16.1 Å². The number of amides is 1. The van der Waals surface area contributed by atoms with Crippen LogP contribution in [0.25, 0.3) is 0 Å². The molecule has 1 saturated heterocycles. The summed E-state index contributed by atoms with van der Waals surface area (Å²) in [5.41, 5.74) is 1.94. The van der Waals surface area contributed by atoms with Crippen LogP contribution in [0.4, 0.5) is 5.69 Å². The third-order valence-corrected chi connectivity index (χ3v) is 4.27. The number of carbonyl (C=O) groups excluding carboxylic acids is 1. The SMILES string of the molecule is CCCC(=O)Nc1cccc(CNC(=NC)N(C)CC2CCOC2)c1.I. The number of anilines is 1. The van der Waals surface area contributed by atoms with E-state index < -0.39 is 0 Å². The molecule has 146 valence electrons. The molecule has 0 bridgehead atoms. The van der Waals surface area contributed by atoms with Crippen LogP contribution >= 0.6 is 24.0 Å². The summed E-state index contributed by atoms with van der Waals surface area (Å²) in [4.78, 5) is 18.2. The molecule has 1 aromatic carbocycles. The zero-order valence-electron chi connectivity index (χ0n) is 16.0. The zero-order chi connectivity index (χ0) is 18.1. The van der Waals surface area contributed by atoms with Gasteiger partial charge in [0, 0.05) is 51.8 Å². The number of nitrogens with one attached hydrogen (secondary N) is 2. The number of hydrogen-bond donors (Lipinski definition) is 2. The topological polar surface area (TPSA) is 66.0 Å². The van der Waals surface area contributed by atoms with E-state index in [0.717, 1.165) is 49.8 Å². The maximum atomic E-state index is 11.7. The third kappa shape index (κ3) is 7.49. The van der Waals surface area contributed by atoms with E-state index >= 15 is 0 Å². The van der Waals surface area contributed by atoms with E-state index in [9.17, 15) is 4.79 Å². The van der Waals surface area contributed by atoms with E-state index in [1.807, 2.05) is 31.2 Å². The number of carbonyl (C=O) groups is 1. The molecule has 0 spiro atoms. The number of rotatable bonds is 7. The largest absolute Gasteiger partial charge is 0.381 e. The van der Waals surface area contributed by atoms with E-state index in [0.29, 0.717) is 18.9 Å². The van der Waals surface area contributed by atoms with Crippen molar-refractivity contribution in [2.45, 2.75) is 32.7 Å². The highest BCUT2D eigenvalue weighted by Crippen LogP contribution is 2.14. The molecule has 0 aromatic heterocycles. The summed E-state index contributed by atoms with van der Waals surface area (Å²) >= 11 is 0. The summed E-state index contributed by atoms with van der Waals surface area (Å²) in [7, 11) is 3.85. The van der Waals surface area contributed by atoms with Crippen LogP contribution in [0.1, 0.15) is 31.7 Å². The van der Waals surface area contributed by atoms with E-state index in [-0.39, 0.29) is 29.9 Å². The lowest BCUT2D eigenvalue weighted by atomic mass is 10.1. The average Bonchev–Trinajstić information content (AvgIpc) is 3.09. The minimum Gasteiger partial charge on any atom is -0.381 e. The van der Waals surface area contributed by atoms with Crippen molar-refractivity contribution < 1.29 is 9.53 Å². The summed E-state index contributed by atoms with van der Waals surface area (Å²) in [6.07, 6.45) is 2.51. The highest BCUT2D eigenvalue weighted by Gasteiger charge is 2.19. The Labute approximate surface area is 173 Å². The van der Waals surface area contributed by atoms with Crippen molar-refractivity contribution in [3.8, 4) is 0 Å². The summed E-state index contributed by atoms with van der Waals surface area (Å²) in [5.74, 6) is 1.50. The lowest BCUT2D eigenvalue weighted by molar-refractivity contribution is -0.116. The van der Waals surface area contributed by atoms with Crippen molar-refractivity contribution in [3.05, 3.63) is 29.8 Å². The van der Waals surface area contributed by atoms with Gasteiger partial charge in [0.25, 0.3) is 0 Å². The van der Waals surface area contributed by atoms with E-state index in [1.54, 1.807) is 7.05 Å². The van der Waals surface area contributed by atoms with Gasteiger partial charge >= 0.3 is 0 Å². The second-order valence-electron chi connectivity index (χ2n) is 6.51. The number of ether oxygens (including phenoxy) is 1. The van der Waals surface area contributed by atoms with Crippen molar-refractivity contribution in [2.75, 3.05) is 39.2 Å². The number of benzene rings is 1. The van der Waals surface area contributed by atoms with Crippen LogP contribution in [0, 0.1) is 5.92 Å². The van der Waals surface area contributed by atoms with Crippen molar-refractivity contribution >= 4 is 41.5 Å². The van der Waals surface area contributed by atoms with Crippen molar-refractivity contribution in [1.29, 1.82) is 0 Å².